The number of ether oxygens (including phenoxy) is 2. The first-order valence-corrected chi connectivity index (χ1v) is 6.61. The van der Waals surface area contributed by atoms with Crippen LogP contribution >= 0.6 is 0 Å². The molecule has 3 aromatic rings. The second kappa shape index (κ2) is 5.81. The molecular weight excluding hydrogens is 266 g/mol. The van der Waals surface area contributed by atoms with Crippen molar-refractivity contribution in [2.75, 3.05) is 7.11 Å². The molecule has 0 spiro atoms. The molecule has 0 saturated heterocycles. The van der Waals surface area contributed by atoms with Gasteiger partial charge in [0.25, 0.3) is 0 Å². The first-order chi connectivity index (χ1) is 10.3. The van der Waals surface area contributed by atoms with Crippen LogP contribution in [0.4, 0.5) is 0 Å². The minimum absolute atomic E-state index is 0.0453. The summed E-state index contributed by atoms with van der Waals surface area (Å²) < 4.78 is 11.0. The van der Waals surface area contributed by atoms with E-state index in [0.29, 0.717) is 11.6 Å². The Morgan fingerprint density at radius 2 is 1.62 bits per heavy atom. The fourth-order valence-electron chi connectivity index (χ4n) is 2.19. The monoisotopic (exact) mass is 281 g/mol. The number of rotatable bonds is 4. The Morgan fingerprint density at radius 1 is 0.952 bits per heavy atom. The van der Waals surface area contributed by atoms with E-state index in [9.17, 15) is 5.11 Å². The normalized spacial score (nSPS) is 10.6. The van der Waals surface area contributed by atoms with Gasteiger partial charge in [0.05, 0.1) is 13.7 Å². The van der Waals surface area contributed by atoms with Gasteiger partial charge >= 0.3 is 0 Å². The van der Waals surface area contributed by atoms with Crippen molar-refractivity contribution in [2.24, 2.45) is 0 Å². The summed E-state index contributed by atoms with van der Waals surface area (Å²) in [6.07, 6.45) is 1.64. The van der Waals surface area contributed by atoms with Gasteiger partial charge in [-0.25, -0.2) is 4.98 Å². The summed E-state index contributed by atoms with van der Waals surface area (Å²) in [5, 5.41) is 11.2. The molecule has 4 nitrogen and oxygen atoms in total. The van der Waals surface area contributed by atoms with Crippen LogP contribution in [0.2, 0.25) is 0 Å². The molecule has 1 heterocycles. The van der Waals surface area contributed by atoms with Crippen LogP contribution in [-0.2, 0) is 6.61 Å². The van der Waals surface area contributed by atoms with E-state index in [4.69, 9.17) is 9.47 Å². The van der Waals surface area contributed by atoms with E-state index in [1.54, 1.807) is 13.3 Å². The highest BCUT2D eigenvalue weighted by Crippen LogP contribution is 2.30. The number of nitrogens with zero attached hydrogens (tertiary/aromatic N) is 1. The van der Waals surface area contributed by atoms with Crippen LogP contribution in [0.5, 0.6) is 17.4 Å². The lowest BCUT2D eigenvalue weighted by atomic mass is 10.1. The number of aliphatic hydroxyl groups is 1. The van der Waals surface area contributed by atoms with Crippen molar-refractivity contribution in [1.82, 2.24) is 4.98 Å². The molecule has 4 heteroatoms. The van der Waals surface area contributed by atoms with Gasteiger partial charge in [0, 0.05) is 17.1 Å². The lowest BCUT2D eigenvalue weighted by Crippen LogP contribution is -1.94. The Labute approximate surface area is 122 Å². The predicted octanol–water partition coefficient (Wildman–Crippen LogP) is 3.53. The maximum atomic E-state index is 9.38. The molecule has 0 aliphatic heterocycles. The third-order valence-corrected chi connectivity index (χ3v) is 3.29. The number of aromatic nitrogens is 1. The highest BCUT2D eigenvalue weighted by molar-refractivity contribution is 5.89. The Kier molecular flexibility index (Phi) is 3.71. The van der Waals surface area contributed by atoms with E-state index in [2.05, 4.69) is 4.98 Å². The van der Waals surface area contributed by atoms with Crippen LogP contribution in [0.3, 0.4) is 0 Å². The molecule has 21 heavy (non-hydrogen) atoms. The number of hydrogen-bond donors (Lipinski definition) is 1. The molecule has 1 N–H and O–H groups in total. The molecule has 0 aliphatic rings. The fourth-order valence-corrected chi connectivity index (χ4v) is 2.19. The molecule has 0 bridgehead atoms. The summed E-state index contributed by atoms with van der Waals surface area (Å²) in [7, 11) is 1.62. The van der Waals surface area contributed by atoms with E-state index in [1.165, 1.54) is 0 Å². The standard InChI is InChI=1S/C17H15NO3/c1-20-13-6-8-14(9-7-13)21-17-16-5-3-2-4-15(16)12(11-19)10-18-17/h2-10,19H,11H2,1H3. The van der Waals surface area contributed by atoms with Gasteiger partial charge in [0.2, 0.25) is 5.88 Å². The number of hydrogen-bond acceptors (Lipinski definition) is 4. The maximum absolute atomic E-state index is 9.38. The van der Waals surface area contributed by atoms with Crippen LogP contribution in [0.15, 0.2) is 54.7 Å². The summed E-state index contributed by atoms with van der Waals surface area (Å²) in [5.74, 6) is 1.98. The van der Waals surface area contributed by atoms with Gasteiger partial charge in [-0.05, 0) is 35.7 Å². The lowest BCUT2D eigenvalue weighted by molar-refractivity contribution is 0.282. The second-order valence-corrected chi connectivity index (χ2v) is 4.57. The largest absolute Gasteiger partial charge is 0.497 e. The van der Waals surface area contributed by atoms with Crippen LogP contribution in [-0.4, -0.2) is 17.2 Å². The number of fused-ring (bicyclic) bond motifs is 1. The summed E-state index contributed by atoms with van der Waals surface area (Å²) in [4.78, 5) is 4.30. The maximum Gasteiger partial charge on any atom is 0.227 e. The smallest absolute Gasteiger partial charge is 0.227 e. The zero-order valence-corrected chi connectivity index (χ0v) is 11.6. The van der Waals surface area contributed by atoms with Crippen molar-refractivity contribution in [3.63, 3.8) is 0 Å². The second-order valence-electron chi connectivity index (χ2n) is 4.57. The SMILES string of the molecule is COc1ccc(Oc2ncc(CO)c3ccccc23)cc1. The zero-order chi connectivity index (χ0) is 14.7. The van der Waals surface area contributed by atoms with Gasteiger partial charge in [0.1, 0.15) is 11.5 Å². The molecule has 0 saturated carbocycles. The average molecular weight is 281 g/mol. The van der Waals surface area contributed by atoms with Gasteiger partial charge in [0.15, 0.2) is 0 Å². The minimum Gasteiger partial charge on any atom is -0.497 e. The van der Waals surface area contributed by atoms with Gasteiger partial charge < -0.3 is 14.6 Å². The number of methoxy groups -OCH3 is 1. The van der Waals surface area contributed by atoms with Gasteiger partial charge in [-0.15, -0.1) is 0 Å². The Hall–Kier alpha value is -2.59. The first-order valence-electron chi connectivity index (χ1n) is 6.61. The lowest BCUT2D eigenvalue weighted by Gasteiger charge is -2.10. The summed E-state index contributed by atoms with van der Waals surface area (Å²) in [5.41, 5.74) is 0.785. The van der Waals surface area contributed by atoms with Crippen LogP contribution in [0, 0.1) is 0 Å². The van der Waals surface area contributed by atoms with E-state index < -0.39 is 0 Å². The van der Waals surface area contributed by atoms with Crippen molar-refractivity contribution in [1.29, 1.82) is 0 Å². The minimum atomic E-state index is -0.0453. The van der Waals surface area contributed by atoms with Gasteiger partial charge in [-0.3, -0.25) is 0 Å². The van der Waals surface area contributed by atoms with Gasteiger partial charge in [-0.1, -0.05) is 18.2 Å². The Balaban J connectivity index is 2.00. The third kappa shape index (κ3) is 2.66. The van der Waals surface area contributed by atoms with Crippen LogP contribution in [0.25, 0.3) is 10.8 Å². The summed E-state index contributed by atoms with van der Waals surface area (Å²) in [6.45, 7) is -0.0453. The molecular formula is C17H15NO3. The highest BCUT2D eigenvalue weighted by Gasteiger charge is 2.08. The summed E-state index contributed by atoms with van der Waals surface area (Å²) >= 11 is 0. The molecule has 0 fully saturated rings. The van der Waals surface area contributed by atoms with Crippen molar-refractivity contribution in [3.05, 3.63) is 60.3 Å². The van der Waals surface area contributed by atoms with E-state index in [1.807, 2.05) is 48.5 Å². The third-order valence-electron chi connectivity index (χ3n) is 3.29. The van der Waals surface area contributed by atoms with Gasteiger partial charge in [-0.2, -0.15) is 0 Å². The molecule has 0 radical (unpaired) electrons. The topological polar surface area (TPSA) is 51.6 Å². The van der Waals surface area contributed by atoms with Crippen LogP contribution in [0.1, 0.15) is 5.56 Å². The molecule has 2 aromatic carbocycles. The number of pyridine rings is 1. The molecule has 106 valence electrons. The molecule has 1 aromatic heterocycles. The zero-order valence-electron chi connectivity index (χ0n) is 11.6. The Bertz CT molecular complexity index is 754. The first kappa shape index (κ1) is 13.4. The van der Waals surface area contributed by atoms with Crippen LogP contribution < -0.4 is 9.47 Å². The Morgan fingerprint density at radius 3 is 2.29 bits per heavy atom. The predicted molar refractivity (Wildman–Crippen MR) is 80.7 cm³/mol. The summed E-state index contributed by atoms with van der Waals surface area (Å²) in [6, 6.07) is 15.1. The molecule has 0 aliphatic carbocycles. The molecule has 0 amide bonds. The average Bonchev–Trinajstić information content (AvgIpc) is 2.56. The van der Waals surface area contributed by atoms with E-state index in [0.717, 1.165) is 22.1 Å². The number of aliphatic hydroxyl groups excluding tert-OH is 1. The fraction of sp³-hybridized carbons (Fsp3) is 0.118. The number of benzene rings is 2. The van der Waals surface area contributed by atoms with Crippen molar-refractivity contribution < 1.29 is 14.6 Å². The van der Waals surface area contributed by atoms with Crippen molar-refractivity contribution >= 4 is 10.8 Å². The highest BCUT2D eigenvalue weighted by atomic mass is 16.5. The van der Waals surface area contributed by atoms with Crippen molar-refractivity contribution in [3.8, 4) is 17.4 Å². The van der Waals surface area contributed by atoms with E-state index >= 15 is 0 Å². The molecule has 0 atom stereocenters. The quantitative estimate of drug-likeness (QED) is 0.795. The molecule has 3 rings (SSSR count). The molecule has 0 unspecified atom stereocenters. The van der Waals surface area contributed by atoms with E-state index in [-0.39, 0.29) is 6.61 Å². The van der Waals surface area contributed by atoms with Crippen molar-refractivity contribution in [2.45, 2.75) is 6.61 Å².